The third-order valence-electron chi connectivity index (χ3n) is 2.71. The summed E-state index contributed by atoms with van der Waals surface area (Å²) in [6.45, 7) is 1.93. The molecule has 3 aromatic rings. The highest BCUT2D eigenvalue weighted by Gasteiger charge is 2.09. The van der Waals surface area contributed by atoms with Crippen molar-refractivity contribution >= 4 is 22.8 Å². The first-order valence-corrected chi connectivity index (χ1v) is 5.82. The molecule has 3 rings (SSSR count). The van der Waals surface area contributed by atoms with Gasteiger partial charge in [0.25, 0.3) is 0 Å². The van der Waals surface area contributed by atoms with Gasteiger partial charge < -0.3 is 0 Å². The highest BCUT2D eigenvalue weighted by Crippen LogP contribution is 2.29. The van der Waals surface area contributed by atoms with Gasteiger partial charge in [-0.05, 0) is 19.1 Å². The Labute approximate surface area is 109 Å². The molecule has 0 saturated heterocycles. The minimum Gasteiger partial charge on any atom is -0.263 e. The first-order chi connectivity index (χ1) is 8.75. The molecule has 0 aliphatic heterocycles. The Morgan fingerprint density at radius 2 is 1.89 bits per heavy atom. The number of hydrogen-bond donors (Lipinski definition) is 0. The van der Waals surface area contributed by atoms with Crippen molar-refractivity contribution in [3.63, 3.8) is 0 Å². The van der Waals surface area contributed by atoms with Crippen molar-refractivity contribution in [1.29, 1.82) is 0 Å². The van der Waals surface area contributed by atoms with Crippen LogP contribution < -0.4 is 0 Å². The van der Waals surface area contributed by atoms with E-state index in [4.69, 9.17) is 11.6 Å². The van der Waals surface area contributed by atoms with Crippen LogP contribution in [0.4, 0.5) is 0 Å². The molecule has 4 nitrogen and oxygen atoms in total. The van der Waals surface area contributed by atoms with Crippen LogP contribution in [0.3, 0.4) is 0 Å². The molecule has 18 heavy (non-hydrogen) atoms. The molecule has 0 radical (unpaired) electrons. The molecule has 0 atom stereocenters. The number of aryl methyl sites for hydroxylation is 1. The number of nitrogens with zero attached hydrogens (tertiary/aromatic N) is 4. The summed E-state index contributed by atoms with van der Waals surface area (Å²) < 4.78 is 0. The average molecular weight is 257 g/mol. The number of fused-ring (bicyclic) bond motifs is 1. The second-order valence-electron chi connectivity index (χ2n) is 3.88. The first-order valence-electron chi connectivity index (χ1n) is 5.44. The zero-order valence-electron chi connectivity index (χ0n) is 9.63. The molecule has 0 N–H and O–H groups in total. The minimum atomic E-state index is 0.602. The Balaban J connectivity index is 2.30. The molecule has 3 heterocycles. The predicted octanol–water partition coefficient (Wildman–Crippen LogP) is 3.05. The summed E-state index contributed by atoms with van der Waals surface area (Å²) in [5.74, 6) is 0. The summed E-state index contributed by atoms with van der Waals surface area (Å²) in [7, 11) is 0. The summed E-state index contributed by atoms with van der Waals surface area (Å²) in [4.78, 5) is 16.9. The Morgan fingerprint density at radius 3 is 2.72 bits per heavy atom. The largest absolute Gasteiger partial charge is 0.263 e. The van der Waals surface area contributed by atoms with Gasteiger partial charge in [0, 0.05) is 41.6 Å². The van der Waals surface area contributed by atoms with E-state index in [9.17, 15) is 0 Å². The minimum absolute atomic E-state index is 0.602. The Kier molecular flexibility index (Phi) is 2.64. The van der Waals surface area contributed by atoms with E-state index < -0.39 is 0 Å². The second-order valence-corrected chi connectivity index (χ2v) is 4.28. The van der Waals surface area contributed by atoms with Crippen molar-refractivity contribution in [1.82, 2.24) is 19.9 Å². The Bertz CT molecular complexity index is 727. The molecule has 0 spiro atoms. The van der Waals surface area contributed by atoms with E-state index in [1.165, 1.54) is 0 Å². The maximum absolute atomic E-state index is 6.16. The summed E-state index contributed by atoms with van der Waals surface area (Å²) in [6, 6.07) is 3.82. The van der Waals surface area contributed by atoms with Crippen LogP contribution in [0.15, 0.2) is 36.9 Å². The van der Waals surface area contributed by atoms with Gasteiger partial charge in [0.05, 0.1) is 5.02 Å². The predicted molar refractivity (Wildman–Crippen MR) is 70.3 cm³/mol. The van der Waals surface area contributed by atoms with E-state index in [1.807, 2.05) is 19.1 Å². The van der Waals surface area contributed by atoms with E-state index >= 15 is 0 Å². The molecule has 5 heteroatoms. The number of halogens is 1. The van der Waals surface area contributed by atoms with Gasteiger partial charge in [-0.3, -0.25) is 9.97 Å². The third-order valence-corrected chi connectivity index (χ3v) is 3.01. The van der Waals surface area contributed by atoms with E-state index in [0.717, 1.165) is 22.3 Å². The van der Waals surface area contributed by atoms with Gasteiger partial charge in [0.1, 0.15) is 5.52 Å². The van der Waals surface area contributed by atoms with Gasteiger partial charge in [0.2, 0.25) is 0 Å². The SMILES string of the molecule is Cc1nc2nccnc2cc1-c1ccncc1Cl. The zero-order chi connectivity index (χ0) is 12.5. The van der Waals surface area contributed by atoms with Crippen LogP contribution in [0.25, 0.3) is 22.3 Å². The van der Waals surface area contributed by atoms with Crippen LogP contribution in [0.2, 0.25) is 5.02 Å². The zero-order valence-corrected chi connectivity index (χ0v) is 10.4. The molecule has 0 bridgehead atoms. The molecule has 0 aromatic carbocycles. The van der Waals surface area contributed by atoms with Gasteiger partial charge in [-0.15, -0.1) is 0 Å². The van der Waals surface area contributed by atoms with Crippen molar-refractivity contribution in [2.45, 2.75) is 6.92 Å². The highest BCUT2D eigenvalue weighted by atomic mass is 35.5. The van der Waals surface area contributed by atoms with Gasteiger partial charge in [-0.1, -0.05) is 11.6 Å². The van der Waals surface area contributed by atoms with Crippen LogP contribution in [0, 0.1) is 6.92 Å². The molecule has 0 amide bonds. The smallest absolute Gasteiger partial charge is 0.178 e. The lowest BCUT2D eigenvalue weighted by Crippen LogP contribution is -1.93. The Hall–Kier alpha value is -2.07. The molecule has 0 unspecified atom stereocenters. The van der Waals surface area contributed by atoms with E-state index in [0.29, 0.717) is 10.7 Å². The van der Waals surface area contributed by atoms with Crippen molar-refractivity contribution in [3.05, 3.63) is 47.6 Å². The first kappa shape index (κ1) is 11.0. The molecule has 88 valence electrons. The molecule has 0 saturated carbocycles. The van der Waals surface area contributed by atoms with Crippen LogP contribution in [-0.2, 0) is 0 Å². The third kappa shape index (κ3) is 1.80. The van der Waals surface area contributed by atoms with Crippen molar-refractivity contribution in [2.24, 2.45) is 0 Å². The molecule has 0 fully saturated rings. The summed E-state index contributed by atoms with van der Waals surface area (Å²) in [5, 5.41) is 0.602. The molecule has 3 aromatic heterocycles. The van der Waals surface area contributed by atoms with Crippen LogP contribution >= 0.6 is 11.6 Å². The number of pyridine rings is 2. The van der Waals surface area contributed by atoms with Crippen LogP contribution in [0.1, 0.15) is 5.69 Å². The maximum atomic E-state index is 6.16. The lowest BCUT2D eigenvalue weighted by atomic mass is 10.1. The maximum Gasteiger partial charge on any atom is 0.178 e. The number of rotatable bonds is 1. The topological polar surface area (TPSA) is 51.6 Å². The second kappa shape index (κ2) is 4.31. The lowest BCUT2D eigenvalue weighted by molar-refractivity contribution is 1.17. The molecule has 0 aliphatic carbocycles. The highest BCUT2D eigenvalue weighted by molar-refractivity contribution is 6.33. The van der Waals surface area contributed by atoms with Crippen molar-refractivity contribution < 1.29 is 0 Å². The summed E-state index contributed by atoms with van der Waals surface area (Å²) in [6.07, 6.45) is 6.61. The Morgan fingerprint density at radius 1 is 1.06 bits per heavy atom. The fourth-order valence-corrected chi connectivity index (χ4v) is 2.08. The normalized spacial score (nSPS) is 10.8. The summed E-state index contributed by atoms with van der Waals surface area (Å²) >= 11 is 6.16. The van der Waals surface area contributed by atoms with Crippen molar-refractivity contribution in [3.8, 4) is 11.1 Å². The van der Waals surface area contributed by atoms with Gasteiger partial charge in [0.15, 0.2) is 5.65 Å². The number of aromatic nitrogens is 4. The van der Waals surface area contributed by atoms with Crippen molar-refractivity contribution in [2.75, 3.05) is 0 Å². The van der Waals surface area contributed by atoms with E-state index in [2.05, 4.69) is 19.9 Å². The molecule has 0 aliphatic rings. The quantitative estimate of drug-likeness (QED) is 0.671. The van der Waals surface area contributed by atoms with Crippen LogP contribution in [-0.4, -0.2) is 19.9 Å². The lowest BCUT2D eigenvalue weighted by Gasteiger charge is -2.07. The van der Waals surface area contributed by atoms with Crippen LogP contribution in [0.5, 0.6) is 0 Å². The fourth-order valence-electron chi connectivity index (χ4n) is 1.86. The molecular formula is C13H9ClN4. The van der Waals surface area contributed by atoms with Gasteiger partial charge in [-0.25, -0.2) is 9.97 Å². The number of hydrogen-bond acceptors (Lipinski definition) is 4. The summed E-state index contributed by atoms with van der Waals surface area (Å²) in [5.41, 5.74) is 4.13. The average Bonchev–Trinajstić information content (AvgIpc) is 2.39. The van der Waals surface area contributed by atoms with Gasteiger partial charge in [-0.2, -0.15) is 0 Å². The van der Waals surface area contributed by atoms with Gasteiger partial charge >= 0.3 is 0 Å². The molecular weight excluding hydrogens is 248 g/mol. The monoisotopic (exact) mass is 256 g/mol. The van der Waals surface area contributed by atoms with E-state index in [-0.39, 0.29) is 0 Å². The standard InChI is InChI=1S/C13H9ClN4/c1-8-10(9-2-3-15-7-11(9)14)6-12-13(18-8)17-5-4-16-12/h2-7H,1H3. The van der Waals surface area contributed by atoms with E-state index in [1.54, 1.807) is 24.8 Å². The fraction of sp³-hybridized carbons (Fsp3) is 0.0769.